The Balaban J connectivity index is 1.52. The van der Waals surface area contributed by atoms with E-state index in [0.717, 1.165) is 24.1 Å². The van der Waals surface area contributed by atoms with Gasteiger partial charge in [0.1, 0.15) is 5.82 Å². The van der Waals surface area contributed by atoms with Gasteiger partial charge >= 0.3 is 0 Å². The van der Waals surface area contributed by atoms with Gasteiger partial charge in [-0.2, -0.15) is 0 Å². The van der Waals surface area contributed by atoms with E-state index < -0.39 is 0 Å². The van der Waals surface area contributed by atoms with E-state index in [9.17, 15) is 9.59 Å². The molecule has 1 aromatic carbocycles. The molecular formula is C22H31N5O2S. The Bertz CT molecular complexity index is 905. The molecular weight excluding hydrogens is 398 g/mol. The molecule has 0 aliphatic heterocycles. The number of aryl methyl sites for hydroxylation is 2. The summed E-state index contributed by atoms with van der Waals surface area (Å²) in [7, 11) is 3.73. The number of rotatable bonds is 7. The molecule has 0 bridgehead atoms. The van der Waals surface area contributed by atoms with Crippen LogP contribution in [0.15, 0.2) is 23.4 Å². The summed E-state index contributed by atoms with van der Waals surface area (Å²) in [5.41, 5.74) is 3.09. The van der Waals surface area contributed by atoms with E-state index in [2.05, 4.69) is 15.5 Å². The first-order valence-electron chi connectivity index (χ1n) is 10.5. The van der Waals surface area contributed by atoms with Crippen molar-refractivity contribution in [3.63, 3.8) is 0 Å². The Morgan fingerprint density at radius 3 is 2.60 bits per heavy atom. The minimum absolute atomic E-state index is 0.115. The van der Waals surface area contributed by atoms with Crippen molar-refractivity contribution in [2.24, 2.45) is 7.05 Å². The van der Waals surface area contributed by atoms with Crippen molar-refractivity contribution in [2.75, 3.05) is 18.1 Å². The normalized spacial score (nSPS) is 14.5. The van der Waals surface area contributed by atoms with E-state index in [4.69, 9.17) is 0 Å². The summed E-state index contributed by atoms with van der Waals surface area (Å²) >= 11 is 1.37. The zero-order valence-electron chi connectivity index (χ0n) is 18.3. The Hall–Kier alpha value is -2.35. The molecule has 1 aliphatic rings. The van der Waals surface area contributed by atoms with Crippen LogP contribution in [0, 0.1) is 13.8 Å². The van der Waals surface area contributed by atoms with Gasteiger partial charge in [-0.25, -0.2) is 0 Å². The molecule has 1 aromatic heterocycles. The summed E-state index contributed by atoms with van der Waals surface area (Å²) in [5, 5.41) is 11.9. The number of amides is 2. The number of carbonyl (C=O) groups is 2. The first-order valence-corrected chi connectivity index (χ1v) is 11.5. The molecule has 0 unspecified atom stereocenters. The molecule has 1 fully saturated rings. The van der Waals surface area contributed by atoms with Crippen LogP contribution in [-0.4, -0.2) is 50.3 Å². The predicted octanol–water partition coefficient (Wildman–Crippen LogP) is 3.50. The number of hydrogen-bond donors (Lipinski definition) is 1. The van der Waals surface area contributed by atoms with Crippen molar-refractivity contribution in [3.8, 4) is 0 Å². The fourth-order valence-corrected chi connectivity index (χ4v) is 4.55. The van der Waals surface area contributed by atoms with Crippen LogP contribution in [0.25, 0.3) is 0 Å². The lowest BCUT2D eigenvalue weighted by molar-refractivity contribution is -0.129. The van der Waals surface area contributed by atoms with Crippen molar-refractivity contribution in [2.45, 2.75) is 63.6 Å². The van der Waals surface area contributed by atoms with Crippen molar-refractivity contribution >= 4 is 29.3 Å². The minimum Gasteiger partial charge on any atom is -0.342 e. The van der Waals surface area contributed by atoms with Gasteiger partial charge in [0.25, 0.3) is 0 Å². The van der Waals surface area contributed by atoms with Gasteiger partial charge < -0.3 is 14.8 Å². The van der Waals surface area contributed by atoms with Gasteiger partial charge in [0, 0.05) is 25.8 Å². The highest BCUT2D eigenvalue weighted by molar-refractivity contribution is 7.99. The second-order valence-corrected chi connectivity index (χ2v) is 9.01. The summed E-state index contributed by atoms with van der Waals surface area (Å²) in [6, 6.07) is 6.20. The van der Waals surface area contributed by atoms with E-state index in [-0.39, 0.29) is 18.2 Å². The van der Waals surface area contributed by atoms with Crippen molar-refractivity contribution in [3.05, 3.63) is 35.2 Å². The average Bonchev–Trinajstić information content (AvgIpc) is 3.08. The van der Waals surface area contributed by atoms with Crippen LogP contribution in [0.2, 0.25) is 0 Å². The summed E-state index contributed by atoms with van der Waals surface area (Å²) in [5.74, 6) is 0.877. The topological polar surface area (TPSA) is 80.1 Å². The maximum atomic E-state index is 12.5. The lowest BCUT2D eigenvalue weighted by Gasteiger charge is -2.31. The van der Waals surface area contributed by atoms with Gasteiger partial charge in [-0.3, -0.25) is 9.59 Å². The second kappa shape index (κ2) is 10.1. The number of hydrogen-bond acceptors (Lipinski definition) is 5. The number of carbonyl (C=O) groups excluding carboxylic acids is 2. The number of nitrogens with zero attached hydrogens (tertiary/aromatic N) is 4. The lowest BCUT2D eigenvalue weighted by atomic mass is 9.94. The second-order valence-electron chi connectivity index (χ2n) is 8.07. The maximum Gasteiger partial charge on any atom is 0.233 e. The smallest absolute Gasteiger partial charge is 0.233 e. The van der Waals surface area contributed by atoms with Gasteiger partial charge in [-0.1, -0.05) is 37.1 Å². The molecule has 0 radical (unpaired) electrons. The standard InChI is InChI=1S/C22H31N5O2S/c1-15-10-11-17(12-16(15)2)23-20(28)13-19-24-25-22(27(19)4)30-14-21(29)26(3)18-8-6-5-7-9-18/h10-12,18H,5-9,13-14H2,1-4H3,(H,23,28). The fourth-order valence-electron chi connectivity index (χ4n) is 3.69. The number of thioether (sulfide) groups is 1. The van der Waals surface area contributed by atoms with Crippen LogP contribution < -0.4 is 5.32 Å². The van der Waals surface area contributed by atoms with E-state index in [1.807, 2.05) is 51.0 Å². The summed E-state index contributed by atoms with van der Waals surface area (Å²) in [6.45, 7) is 4.06. The summed E-state index contributed by atoms with van der Waals surface area (Å²) < 4.78 is 1.79. The molecule has 0 spiro atoms. The van der Waals surface area contributed by atoms with E-state index in [1.54, 1.807) is 4.57 Å². The molecule has 0 atom stereocenters. The van der Waals surface area contributed by atoms with Crippen LogP contribution in [-0.2, 0) is 23.1 Å². The minimum atomic E-state index is -0.140. The monoisotopic (exact) mass is 429 g/mol. The highest BCUT2D eigenvalue weighted by Gasteiger charge is 2.23. The average molecular weight is 430 g/mol. The first kappa shape index (κ1) is 22.3. The third kappa shape index (κ3) is 5.62. The number of aromatic nitrogens is 3. The summed E-state index contributed by atoms with van der Waals surface area (Å²) in [6.07, 6.45) is 5.99. The van der Waals surface area contributed by atoms with Gasteiger partial charge in [0.15, 0.2) is 5.16 Å². The van der Waals surface area contributed by atoms with Crippen LogP contribution >= 0.6 is 11.8 Å². The molecule has 2 amide bonds. The number of benzene rings is 1. The van der Waals surface area contributed by atoms with Gasteiger partial charge in [0.05, 0.1) is 12.2 Å². The van der Waals surface area contributed by atoms with Crippen molar-refractivity contribution in [1.29, 1.82) is 0 Å². The van der Waals surface area contributed by atoms with E-state index in [1.165, 1.54) is 36.6 Å². The molecule has 8 heteroatoms. The lowest BCUT2D eigenvalue weighted by Crippen LogP contribution is -2.39. The van der Waals surface area contributed by atoms with Gasteiger partial charge in [-0.05, 0) is 49.9 Å². The summed E-state index contributed by atoms with van der Waals surface area (Å²) in [4.78, 5) is 26.8. The van der Waals surface area contributed by atoms with E-state index >= 15 is 0 Å². The zero-order valence-corrected chi connectivity index (χ0v) is 19.1. The highest BCUT2D eigenvalue weighted by atomic mass is 32.2. The zero-order chi connectivity index (χ0) is 21.7. The van der Waals surface area contributed by atoms with Gasteiger partial charge in [0.2, 0.25) is 11.8 Å². The Kier molecular flexibility index (Phi) is 7.53. The highest BCUT2D eigenvalue weighted by Crippen LogP contribution is 2.23. The molecule has 162 valence electrons. The SMILES string of the molecule is Cc1ccc(NC(=O)Cc2nnc(SCC(=O)N(C)C3CCCCC3)n2C)cc1C. The van der Waals surface area contributed by atoms with Crippen LogP contribution in [0.4, 0.5) is 5.69 Å². The van der Waals surface area contributed by atoms with Crippen LogP contribution in [0.3, 0.4) is 0 Å². The fraction of sp³-hybridized carbons (Fsp3) is 0.545. The molecule has 30 heavy (non-hydrogen) atoms. The Labute approximate surface area is 182 Å². The van der Waals surface area contributed by atoms with Gasteiger partial charge in [-0.15, -0.1) is 10.2 Å². The Morgan fingerprint density at radius 1 is 1.17 bits per heavy atom. The first-order chi connectivity index (χ1) is 14.3. The third-order valence-electron chi connectivity index (χ3n) is 5.87. The van der Waals surface area contributed by atoms with Crippen molar-refractivity contribution < 1.29 is 9.59 Å². The van der Waals surface area contributed by atoms with Crippen LogP contribution in [0.5, 0.6) is 0 Å². The molecule has 2 aromatic rings. The number of anilines is 1. The van der Waals surface area contributed by atoms with Crippen molar-refractivity contribution in [1.82, 2.24) is 19.7 Å². The molecule has 0 saturated heterocycles. The molecule has 7 nitrogen and oxygen atoms in total. The quantitative estimate of drug-likeness (QED) is 0.682. The predicted molar refractivity (Wildman–Crippen MR) is 120 cm³/mol. The van der Waals surface area contributed by atoms with E-state index in [0.29, 0.717) is 22.8 Å². The maximum absolute atomic E-state index is 12.5. The number of nitrogens with one attached hydrogen (secondary N) is 1. The van der Waals surface area contributed by atoms with Crippen LogP contribution in [0.1, 0.15) is 49.1 Å². The molecule has 1 N–H and O–H groups in total. The molecule has 1 saturated carbocycles. The molecule has 1 heterocycles. The molecule has 1 aliphatic carbocycles. The largest absolute Gasteiger partial charge is 0.342 e. The molecule has 3 rings (SSSR count). The Morgan fingerprint density at radius 2 is 1.90 bits per heavy atom. The third-order valence-corrected chi connectivity index (χ3v) is 6.88.